The number of hydrogen-bond acceptors (Lipinski definition) is 2. The van der Waals surface area contributed by atoms with Crippen molar-refractivity contribution >= 4 is 16.9 Å². The second kappa shape index (κ2) is 4.94. The van der Waals surface area contributed by atoms with E-state index in [0.29, 0.717) is 5.92 Å². The Morgan fingerprint density at radius 1 is 1.40 bits per heavy atom. The molecule has 3 rings (SSSR count). The van der Waals surface area contributed by atoms with Crippen molar-refractivity contribution in [3.8, 4) is 0 Å². The van der Waals surface area contributed by atoms with E-state index in [0.717, 1.165) is 11.9 Å². The van der Waals surface area contributed by atoms with Gasteiger partial charge in [-0.1, -0.05) is 32.0 Å². The Morgan fingerprint density at radius 3 is 2.85 bits per heavy atom. The number of quaternary nitrogens is 1. The molecule has 2 aromatic rings. The second-order valence-electron chi connectivity index (χ2n) is 5.86. The van der Waals surface area contributed by atoms with Crippen LogP contribution < -0.4 is 5.32 Å². The molecule has 4 heteroatoms. The molecule has 0 aliphatic carbocycles. The lowest BCUT2D eigenvalue weighted by atomic mass is 9.89. The van der Waals surface area contributed by atoms with Gasteiger partial charge in [0.15, 0.2) is 6.04 Å². The van der Waals surface area contributed by atoms with Gasteiger partial charge in [0.1, 0.15) is 6.04 Å². The summed E-state index contributed by atoms with van der Waals surface area (Å²) < 4.78 is 4.94. The van der Waals surface area contributed by atoms with Gasteiger partial charge in [0.25, 0.3) is 0 Å². The van der Waals surface area contributed by atoms with Gasteiger partial charge in [0, 0.05) is 23.2 Å². The summed E-state index contributed by atoms with van der Waals surface area (Å²) in [5, 5.41) is 3.38. The lowest BCUT2D eigenvalue weighted by molar-refractivity contribution is -0.727. The highest BCUT2D eigenvalue weighted by atomic mass is 16.5. The first-order chi connectivity index (χ1) is 9.61. The number of nitrogens with one attached hydrogen (secondary N) is 1. The number of aromatic nitrogens is 1. The topological polar surface area (TPSA) is 58.7 Å². The van der Waals surface area contributed by atoms with Gasteiger partial charge < -0.3 is 15.0 Å². The van der Waals surface area contributed by atoms with Gasteiger partial charge in [-0.05, 0) is 11.6 Å². The Morgan fingerprint density at radius 2 is 2.15 bits per heavy atom. The molecule has 106 valence electrons. The fourth-order valence-corrected chi connectivity index (χ4v) is 3.23. The minimum atomic E-state index is -0.140. The maximum atomic E-state index is 11.9. The molecular weight excluding hydrogens is 252 g/mol. The van der Waals surface area contributed by atoms with Crippen LogP contribution in [-0.4, -0.2) is 24.1 Å². The Labute approximate surface area is 118 Å². The number of fused-ring (bicyclic) bond motifs is 3. The third kappa shape index (κ3) is 2.00. The number of nitrogens with two attached hydrogens (primary N) is 1. The molecule has 0 unspecified atom stereocenters. The Hall–Kier alpha value is -1.81. The maximum Gasteiger partial charge on any atom is 0.364 e. The van der Waals surface area contributed by atoms with Crippen LogP contribution in [0.1, 0.15) is 31.1 Å². The summed E-state index contributed by atoms with van der Waals surface area (Å²) in [6.07, 6.45) is 0.731. The minimum absolute atomic E-state index is 0.133. The number of esters is 1. The zero-order chi connectivity index (χ0) is 14.3. The smallest absolute Gasteiger partial charge is 0.364 e. The van der Waals surface area contributed by atoms with E-state index in [2.05, 4.69) is 36.3 Å². The Kier molecular flexibility index (Phi) is 3.26. The highest BCUT2D eigenvalue weighted by molar-refractivity contribution is 5.86. The molecule has 2 heterocycles. The van der Waals surface area contributed by atoms with Crippen molar-refractivity contribution in [2.24, 2.45) is 5.92 Å². The third-order valence-electron chi connectivity index (χ3n) is 4.27. The molecule has 0 radical (unpaired) electrons. The molecule has 1 aromatic heterocycles. The highest BCUT2D eigenvalue weighted by Crippen LogP contribution is 2.31. The molecule has 2 atom stereocenters. The van der Waals surface area contributed by atoms with Gasteiger partial charge in [-0.15, -0.1) is 0 Å². The summed E-state index contributed by atoms with van der Waals surface area (Å²) >= 11 is 0. The third-order valence-corrected chi connectivity index (χ3v) is 4.27. The average molecular weight is 273 g/mol. The first-order valence-corrected chi connectivity index (χ1v) is 7.14. The van der Waals surface area contributed by atoms with Crippen LogP contribution >= 0.6 is 0 Å². The number of carbonyl (C=O) groups is 1. The van der Waals surface area contributed by atoms with Crippen LogP contribution in [0.4, 0.5) is 0 Å². The summed E-state index contributed by atoms with van der Waals surface area (Å²) in [6.45, 7) is 4.38. The van der Waals surface area contributed by atoms with Crippen molar-refractivity contribution in [1.29, 1.82) is 0 Å². The fraction of sp³-hybridized carbons (Fsp3) is 0.438. The van der Waals surface area contributed by atoms with Gasteiger partial charge in [-0.2, -0.15) is 0 Å². The van der Waals surface area contributed by atoms with E-state index in [4.69, 9.17) is 4.74 Å². The van der Waals surface area contributed by atoms with Crippen molar-refractivity contribution < 1.29 is 14.8 Å². The van der Waals surface area contributed by atoms with Gasteiger partial charge in [0.05, 0.1) is 12.8 Å². The molecule has 20 heavy (non-hydrogen) atoms. The normalized spacial score (nSPS) is 22.0. The molecule has 0 saturated carbocycles. The van der Waals surface area contributed by atoms with Crippen LogP contribution in [0.25, 0.3) is 10.9 Å². The minimum Gasteiger partial charge on any atom is -0.465 e. The monoisotopic (exact) mass is 273 g/mol. The average Bonchev–Trinajstić information content (AvgIpc) is 2.83. The number of H-pyrrole nitrogens is 1. The van der Waals surface area contributed by atoms with E-state index < -0.39 is 0 Å². The first-order valence-electron chi connectivity index (χ1n) is 7.14. The van der Waals surface area contributed by atoms with Crippen molar-refractivity contribution in [2.75, 3.05) is 7.11 Å². The number of benzene rings is 1. The second-order valence-corrected chi connectivity index (χ2v) is 5.86. The van der Waals surface area contributed by atoms with Crippen LogP contribution in [0.15, 0.2) is 24.3 Å². The summed E-state index contributed by atoms with van der Waals surface area (Å²) in [6, 6.07) is 8.44. The van der Waals surface area contributed by atoms with E-state index >= 15 is 0 Å². The van der Waals surface area contributed by atoms with Gasteiger partial charge in [-0.25, -0.2) is 4.79 Å². The van der Waals surface area contributed by atoms with Crippen LogP contribution in [-0.2, 0) is 16.0 Å². The van der Waals surface area contributed by atoms with Crippen LogP contribution in [0.2, 0.25) is 0 Å². The molecule has 0 bridgehead atoms. The van der Waals surface area contributed by atoms with E-state index in [1.807, 2.05) is 12.1 Å². The number of carbonyl (C=O) groups excluding carboxylic acids is 1. The quantitative estimate of drug-likeness (QED) is 0.815. The van der Waals surface area contributed by atoms with Crippen LogP contribution in [0, 0.1) is 5.92 Å². The summed E-state index contributed by atoms with van der Waals surface area (Å²) in [5.41, 5.74) is 3.70. The first kappa shape index (κ1) is 13.2. The fourth-order valence-electron chi connectivity index (χ4n) is 3.23. The van der Waals surface area contributed by atoms with E-state index in [9.17, 15) is 4.79 Å². The van der Waals surface area contributed by atoms with Gasteiger partial charge in [0.2, 0.25) is 0 Å². The molecule has 0 spiro atoms. The lowest BCUT2D eigenvalue weighted by Crippen LogP contribution is -2.95. The number of ether oxygens (including phenoxy) is 1. The van der Waals surface area contributed by atoms with E-state index in [1.54, 1.807) is 0 Å². The largest absolute Gasteiger partial charge is 0.465 e. The van der Waals surface area contributed by atoms with E-state index in [-0.39, 0.29) is 18.1 Å². The molecule has 3 N–H and O–H groups in total. The van der Waals surface area contributed by atoms with Gasteiger partial charge >= 0.3 is 5.97 Å². The summed E-state index contributed by atoms with van der Waals surface area (Å²) in [5.74, 6) is 0.320. The molecule has 4 nitrogen and oxygen atoms in total. The van der Waals surface area contributed by atoms with Crippen LogP contribution in [0.3, 0.4) is 0 Å². The molecule has 1 aliphatic rings. The number of methoxy groups -OCH3 is 1. The molecular formula is C16H21N2O2+. The maximum absolute atomic E-state index is 11.9. The number of para-hydroxylation sites is 1. The highest BCUT2D eigenvalue weighted by Gasteiger charge is 2.38. The summed E-state index contributed by atoms with van der Waals surface area (Å²) in [4.78, 5) is 15.5. The summed E-state index contributed by atoms with van der Waals surface area (Å²) in [7, 11) is 1.46. The van der Waals surface area contributed by atoms with Gasteiger partial charge in [-0.3, -0.25) is 0 Å². The van der Waals surface area contributed by atoms with Crippen molar-refractivity contribution in [2.45, 2.75) is 32.4 Å². The number of hydrogen-bond donors (Lipinski definition) is 2. The lowest BCUT2D eigenvalue weighted by Gasteiger charge is -2.28. The number of aromatic amines is 1. The molecule has 0 saturated heterocycles. The Bertz CT molecular complexity index is 645. The van der Waals surface area contributed by atoms with Crippen molar-refractivity contribution in [1.82, 2.24) is 4.98 Å². The predicted octanol–water partition coefficient (Wildman–Crippen LogP) is 1.53. The SMILES string of the molecule is COC(=O)[C@H]1Cc2c([nH]c3ccccc23)[C@H](C(C)C)[NH2+]1. The molecule has 1 aromatic carbocycles. The zero-order valence-corrected chi connectivity index (χ0v) is 12.1. The molecule has 1 aliphatic heterocycles. The number of rotatable bonds is 2. The predicted molar refractivity (Wildman–Crippen MR) is 77.3 cm³/mol. The van der Waals surface area contributed by atoms with E-state index in [1.165, 1.54) is 23.8 Å². The molecule has 0 fully saturated rings. The standard InChI is InChI=1S/C16H20N2O2/c1-9(2)14-15-11(8-13(18-14)16(19)20-3)10-6-4-5-7-12(10)17-15/h4-7,9,13-14,17-18H,8H2,1-3H3/p+1/t13-,14+/m1/s1. The van der Waals surface area contributed by atoms with Crippen molar-refractivity contribution in [3.05, 3.63) is 35.5 Å². The Balaban J connectivity index is 2.11. The van der Waals surface area contributed by atoms with Crippen molar-refractivity contribution in [3.63, 3.8) is 0 Å². The molecule has 0 amide bonds. The zero-order valence-electron chi connectivity index (χ0n) is 12.1. The van der Waals surface area contributed by atoms with Crippen LogP contribution in [0.5, 0.6) is 0 Å².